The number of carbonyl (C=O) groups is 2. The van der Waals surface area contributed by atoms with Crippen molar-refractivity contribution in [1.29, 1.82) is 0 Å². The molecular weight excluding hydrogens is 336 g/mol. The van der Waals surface area contributed by atoms with E-state index in [1.165, 1.54) is 11.8 Å². The first-order chi connectivity index (χ1) is 12.1. The summed E-state index contributed by atoms with van der Waals surface area (Å²) in [5.74, 6) is 0.956. The number of nitrogens with zero attached hydrogens (tertiary/aromatic N) is 2. The summed E-state index contributed by atoms with van der Waals surface area (Å²) in [6, 6.07) is 11.5. The van der Waals surface area contributed by atoms with Crippen molar-refractivity contribution in [2.75, 3.05) is 23.7 Å². The first kappa shape index (κ1) is 16.3. The zero-order valence-electron chi connectivity index (χ0n) is 14.1. The highest BCUT2D eigenvalue weighted by atomic mass is 32.2. The molecule has 2 aromatic rings. The topological polar surface area (TPSA) is 53.8 Å². The van der Waals surface area contributed by atoms with Gasteiger partial charge >= 0.3 is 0 Å². The second-order valence-corrected chi connectivity index (χ2v) is 7.91. The molecule has 0 saturated carbocycles. The predicted octanol–water partition coefficient (Wildman–Crippen LogP) is 3.30. The summed E-state index contributed by atoms with van der Waals surface area (Å²) >= 11 is 1.71. The molecule has 3 heterocycles. The van der Waals surface area contributed by atoms with Gasteiger partial charge in [-0.25, -0.2) is 0 Å². The molecule has 2 aliphatic heterocycles. The summed E-state index contributed by atoms with van der Waals surface area (Å²) < 4.78 is 5.22. The Labute approximate surface area is 151 Å². The zero-order valence-corrected chi connectivity index (χ0v) is 14.9. The molecule has 0 bridgehead atoms. The number of aryl methyl sites for hydroxylation is 1. The Kier molecular flexibility index (Phi) is 4.07. The standard InChI is InChI=1S/C19H20N2O3S/c1-14-4-6-15(7-5-14)21-17(22)13-25-19(21)8-10-20(11-9-19)18(23)16-3-2-12-24-16/h2-7,12H,8-11,13H2,1H3. The monoisotopic (exact) mass is 356 g/mol. The van der Waals surface area contributed by atoms with Crippen molar-refractivity contribution in [2.45, 2.75) is 24.6 Å². The fraction of sp³-hybridized carbons (Fsp3) is 0.368. The molecule has 1 spiro atoms. The minimum absolute atomic E-state index is 0.0731. The summed E-state index contributed by atoms with van der Waals surface area (Å²) in [5.41, 5.74) is 2.13. The molecule has 1 aromatic heterocycles. The highest BCUT2D eigenvalue weighted by Gasteiger charge is 2.49. The number of anilines is 1. The van der Waals surface area contributed by atoms with Crippen molar-refractivity contribution in [3.8, 4) is 0 Å². The molecule has 0 atom stereocenters. The van der Waals surface area contributed by atoms with Crippen LogP contribution in [0.3, 0.4) is 0 Å². The van der Waals surface area contributed by atoms with Gasteiger partial charge in [0.1, 0.15) is 0 Å². The fourth-order valence-electron chi connectivity index (χ4n) is 3.61. The van der Waals surface area contributed by atoms with Crippen molar-refractivity contribution in [3.05, 3.63) is 54.0 Å². The summed E-state index contributed by atoms with van der Waals surface area (Å²) in [6.45, 7) is 3.29. The molecule has 2 fully saturated rings. The third-order valence-corrected chi connectivity index (χ3v) is 6.50. The van der Waals surface area contributed by atoms with Gasteiger partial charge in [-0.05, 0) is 44.0 Å². The minimum atomic E-state index is -0.244. The molecule has 4 rings (SSSR count). The van der Waals surface area contributed by atoms with Crippen molar-refractivity contribution in [3.63, 3.8) is 0 Å². The van der Waals surface area contributed by atoms with Gasteiger partial charge in [0.05, 0.1) is 16.9 Å². The molecule has 1 aromatic carbocycles. The average molecular weight is 356 g/mol. The Balaban J connectivity index is 1.53. The Morgan fingerprint density at radius 3 is 2.52 bits per heavy atom. The van der Waals surface area contributed by atoms with Crippen LogP contribution in [0.25, 0.3) is 0 Å². The third-order valence-electron chi connectivity index (χ3n) is 4.98. The van der Waals surface area contributed by atoms with Crippen LogP contribution in [0.15, 0.2) is 47.1 Å². The maximum absolute atomic E-state index is 12.5. The number of piperidine rings is 1. The van der Waals surface area contributed by atoms with Crippen LogP contribution in [0.5, 0.6) is 0 Å². The van der Waals surface area contributed by atoms with Gasteiger partial charge in [0.15, 0.2) is 5.76 Å². The van der Waals surface area contributed by atoms with Crippen LogP contribution in [-0.2, 0) is 4.79 Å². The van der Waals surface area contributed by atoms with Crippen LogP contribution < -0.4 is 4.90 Å². The number of benzene rings is 1. The van der Waals surface area contributed by atoms with Crippen molar-refractivity contribution >= 4 is 29.3 Å². The van der Waals surface area contributed by atoms with Crippen LogP contribution in [0, 0.1) is 6.92 Å². The lowest BCUT2D eigenvalue weighted by Gasteiger charge is -2.43. The molecule has 0 unspecified atom stereocenters. The normalized spacial score (nSPS) is 19.6. The number of thioether (sulfide) groups is 1. The highest BCUT2D eigenvalue weighted by molar-refractivity contribution is 8.02. The van der Waals surface area contributed by atoms with E-state index >= 15 is 0 Å². The van der Waals surface area contributed by atoms with Crippen LogP contribution in [0.4, 0.5) is 5.69 Å². The molecule has 0 aliphatic carbocycles. The first-order valence-electron chi connectivity index (χ1n) is 8.46. The van der Waals surface area contributed by atoms with E-state index in [4.69, 9.17) is 4.42 Å². The van der Waals surface area contributed by atoms with E-state index in [-0.39, 0.29) is 16.7 Å². The Morgan fingerprint density at radius 2 is 1.88 bits per heavy atom. The van der Waals surface area contributed by atoms with Gasteiger partial charge < -0.3 is 9.32 Å². The second-order valence-electron chi connectivity index (χ2n) is 6.57. The molecule has 25 heavy (non-hydrogen) atoms. The molecule has 5 nitrogen and oxygen atoms in total. The van der Waals surface area contributed by atoms with Gasteiger partial charge in [-0.15, -0.1) is 11.8 Å². The number of hydrogen-bond donors (Lipinski definition) is 0. The van der Waals surface area contributed by atoms with Crippen molar-refractivity contribution in [2.24, 2.45) is 0 Å². The van der Waals surface area contributed by atoms with Gasteiger partial charge in [-0.1, -0.05) is 17.7 Å². The van der Waals surface area contributed by atoms with Crippen LogP contribution in [0.1, 0.15) is 29.0 Å². The van der Waals surface area contributed by atoms with Gasteiger partial charge in [0.2, 0.25) is 5.91 Å². The van der Waals surface area contributed by atoms with E-state index in [0.29, 0.717) is 24.6 Å². The summed E-state index contributed by atoms with van der Waals surface area (Å²) in [5, 5.41) is 0. The van der Waals surface area contributed by atoms with Crippen LogP contribution >= 0.6 is 11.8 Å². The van der Waals surface area contributed by atoms with Crippen LogP contribution in [-0.4, -0.2) is 40.4 Å². The SMILES string of the molecule is Cc1ccc(N2C(=O)CSC23CCN(C(=O)c2ccco2)CC3)cc1. The van der Waals surface area contributed by atoms with Gasteiger partial charge in [0.25, 0.3) is 5.91 Å². The van der Waals surface area contributed by atoms with Gasteiger partial charge in [-0.3, -0.25) is 14.5 Å². The van der Waals surface area contributed by atoms with Gasteiger partial charge in [-0.2, -0.15) is 0 Å². The molecule has 6 heteroatoms. The maximum atomic E-state index is 12.5. The highest BCUT2D eigenvalue weighted by Crippen LogP contribution is 2.46. The number of hydrogen-bond acceptors (Lipinski definition) is 4. The largest absolute Gasteiger partial charge is 0.459 e. The van der Waals surface area contributed by atoms with E-state index in [0.717, 1.165) is 18.5 Å². The van der Waals surface area contributed by atoms with E-state index in [1.807, 2.05) is 41.0 Å². The lowest BCUT2D eigenvalue weighted by molar-refractivity contribution is -0.116. The van der Waals surface area contributed by atoms with E-state index in [1.54, 1.807) is 23.9 Å². The van der Waals surface area contributed by atoms with Gasteiger partial charge in [0, 0.05) is 18.8 Å². The third kappa shape index (κ3) is 2.84. The number of rotatable bonds is 2. The number of amides is 2. The molecule has 130 valence electrons. The predicted molar refractivity (Wildman–Crippen MR) is 97.7 cm³/mol. The Bertz CT molecular complexity index is 778. The molecule has 2 saturated heterocycles. The van der Waals surface area contributed by atoms with Crippen molar-refractivity contribution < 1.29 is 14.0 Å². The molecular formula is C19H20N2O3S. The zero-order chi connectivity index (χ0) is 17.4. The Hall–Kier alpha value is -2.21. The van der Waals surface area contributed by atoms with E-state index in [2.05, 4.69) is 0 Å². The van der Waals surface area contributed by atoms with Crippen LogP contribution in [0.2, 0.25) is 0 Å². The summed E-state index contributed by atoms with van der Waals surface area (Å²) in [7, 11) is 0. The molecule has 2 aliphatic rings. The number of carbonyl (C=O) groups excluding carboxylic acids is 2. The summed E-state index contributed by atoms with van der Waals surface area (Å²) in [6.07, 6.45) is 3.05. The van der Waals surface area contributed by atoms with Crippen molar-refractivity contribution in [1.82, 2.24) is 4.90 Å². The second kappa shape index (κ2) is 6.26. The molecule has 0 N–H and O–H groups in total. The molecule has 2 amide bonds. The van der Waals surface area contributed by atoms with E-state index in [9.17, 15) is 9.59 Å². The number of likely N-dealkylation sites (tertiary alicyclic amines) is 1. The first-order valence-corrected chi connectivity index (χ1v) is 9.44. The maximum Gasteiger partial charge on any atom is 0.289 e. The quantitative estimate of drug-likeness (QED) is 0.828. The van der Waals surface area contributed by atoms with E-state index < -0.39 is 0 Å². The fourth-order valence-corrected chi connectivity index (χ4v) is 4.94. The smallest absolute Gasteiger partial charge is 0.289 e. The minimum Gasteiger partial charge on any atom is -0.459 e. The lowest BCUT2D eigenvalue weighted by atomic mass is 10.0. The average Bonchev–Trinajstić information content (AvgIpc) is 3.26. The lowest BCUT2D eigenvalue weighted by Crippen LogP contribution is -2.53. The Morgan fingerprint density at radius 1 is 1.16 bits per heavy atom. The summed E-state index contributed by atoms with van der Waals surface area (Å²) in [4.78, 5) is 28.5. The number of furan rings is 1. The molecule has 0 radical (unpaired) electrons.